The zero-order valence-corrected chi connectivity index (χ0v) is 18.0. The zero-order chi connectivity index (χ0) is 15.9. The van der Waals surface area contributed by atoms with Crippen molar-refractivity contribution in [2.45, 2.75) is 32.4 Å². The second kappa shape index (κ2) is 8.94. The van der Waals surface area contributed by atoms with Crippen LogP contribution in [0.25, 0.3) is 10.9 Å². The molecule has 0 saturated heterocycles. The third kappa shape index (κ3) is 6.11. The van der Waals surface area contributed by atoms with Gasteiger partial charge in [-0.3, -0.25) is 0 Å². The average molecular weight is 377 g/mol. The molecule has 0 aliphatic carbocycles. The number of fused-ring (bicyclic) bond motifs is 1. The minimum atomic E-state index is -1.01. The number of hydrogen-bond acceptors (Lipinski definition) is 2. The Labute approximate surface area is 142 Å². The summed E-state index contributed by atoms with van der Waals surface area (Å²) in [5.74, 6) is 0.873. The molecule has 1 aromatic heterocycles. The molecular formula is C15H22ClNO2SiZn. The van der Waals surface area contributed by atoms with E-state index in [2.05, 4.69) is 25.8 Å². The van der Waals surface area contributed by atoms with E-state index in [0.29, 0.717) is 6.73 Å². The van der Waals surface area contributed by atoms with Crippen LogP contribution in [0.2, 0.25) is 25.7 Å². The van der Waals surface area contributed by atoms with Gasteiger partial charge in [0, 0.05) is 14.7 Å². The Bertz CT molecular complexity index is 554. The van der Waals surface area contributed by atoms with E-state index in [1.54, 1.807) is 7.11 Å². The standard InChI is InChI=1S/C15H22NO2Si.ClH.Zn/c1-17-14-5-6-15-13(11-14)7-8-16(15)12-18-9-10-19(2,3)4;;/h5-7,11H,9-10,12H2,1-4H3;1H;/q-1;;+2/p-1. The fraction of sp³-hybridized carbons (Fsp3) is 0.467. The van der Waals surface area contributed by atoms with Crippen molar-refractivity contribution in [1.82, 2.24) is 4.57 Å². The zero-order valence-electron chi connectivity index (χ0n) is 13.3. The van der Waals surface area contributed by atoms with Crippen molar-refractivity contribution in [3.63, 3.8) is 0 Å². The van der Waals surface area contributed by atoms with Crippen LogP contribution < -0.4 is 4.74 Å². The maximum atomic E-state index is 5.75. The number of hydrogen-bond donors (Lipinski definition) is 0. The normalized spacial score (nSPS) is 11.2. The molecule has 1 aromatic carbocycles. The van der Waals surface area contributed by atoms with E-state index < -0.39 is 8.07 Å². The molecule has 21 heavy (non-hydrogen) atoms. The van der Waals surface area contributed by atoms with Crippen molar-refractivity contribution in [2.24, 2.45) is 0 Å². The quantitative estimate of drug-likeness (QED) is 0.422. The number of benzene rings is 1. The van der Waals surface area contributed by atoms with E-state index >= 15 is 0 Å². The first-order chi connectivity index (χ1) is 9.99. The van der Waals surface area contributed by atoms with Gasteiger partial charge >= 0.3 is 27.0 Å². The molecular weight excluding hydrogens is 355 g/mol. The van der Waals surface area contributed by atoms with E-state index in [4.69, 9.17) is 19.2 Å². The first-order valence-corrected chi connectivity index (χ1v) is 14.5. The van der Waals surface area contributed by atoms with Gasteiger partial charge in [0.2, 0.25) is 0 Å². The van der Waals surface area contributed by atoms with E-state index in [9.17, 15) is 0 Å². The molecule has 6 heteroatoms. The molecule has 0 spiro atoms. The number of methoxy groups -OCH3 is 1. The molecule has 0 N–H and O–H groups in total. The predicted octanol–water partition coefficient (Wildman–Crippen LogP) is 4.45. The van der Waals surface area contributed by atoms with Crippen molar-refractivity contribution in [3.05, 3.63) is 30.5 Å². The van der Waals surface area contributed by atoms with Crippen LogP contribution in [0.1, 0.15) is 0 Å². The molecule has 2 aromatic rings. The number of ether oxygens (including phenoxy) is 2. The Balaban J connectivity index is 0.00000106. The minimum absolute atomic E-state index is 0.570. The molecule has 0 unspecified atom stereocenters. The first-order valence-electron chi connectivity index (χ1n) is 6.89. The van der Waals surface area contributed by atoms with Crippen molar-refractivity contribution < 1.29 is 26.8 Å². The Kier molecular flexibility index (Phi) is 7.96. The summed E-state index contributed by atoms with van der Waals surface area (Å²) < 4.78 is 13.0. The van der Waals surface area contributed by atoms with Gasteiger partial charge in [-0.15, -0.1) is 17.8 Å². The molecule has 0 bridgehead atoms. The molecule has 1 heterocycles. The Morgan fingerprint density at radius 2 is 2.00 bits per heavy atom. The summed E-state index contributed by atoms with van der Waals surface area (Å²) in [5, 5.41) is 1.13. The number of halogens is 1. The van der Waals surface area contributed by atoms with Gasteiger partial charge in [0.05, 0.1) is 7.11 Å². The summed E-state index contributed by atoms with van der Waals surface area (Å²) in [6.07, 6.45) is 3.21. The molecule has 0 saturated carbocycles. The second-order valence-electron chi connectivity index (χ2n) is 5.97. The van der Waals surface area contributed by atoms with Gasteiger partial charge in [0.25, 0.3) is 0 Å². The van der Waals surface area contributed by atoms with Gasteiger partial charge in [-0.2, -0.15) is 11.5 Å². The van der Waals surface area contributed by atoms with Crippen LogP contribution in [0.5, 0.6) is 5.75 Å². The third-order valence-electron chi connectivity index (χ3n) is 3.12. The average Bonchev–Trinajstić information content (AvgIpc) is 2.87. The van der Waals surface area contributed by atoms with E-state index in [1.165, 1.54) is 6.04 Å². The van der Waals surface area contributed by atoms with Gasteiger partial charge in [-0.05, 0) is 12.1 Å². The first kappa shape index (κ1) is 18.7. The summed E-state index contributed by atoms with van der Waals surface area (Å²) in [6, 6.07) is 9.20. The Morgan fingerprint density at radius 1 is 1.29 bits per heavy atom. The van der Waals surface area contributed by atoms with E-state index in [1.807, 2.05) is 28.8 Å². The molecule has 0 aliphatic rings. The third-order valence-corrected chi connectivity index (χ3v) is 4.82. The molecule has 3 nitrogen and oxygen atoms in total. The summed E-state index contributed by atoms with van der Waals surface area (Å²) in [7, 11) is 5.44. The van der Waals surface area contributed by atoms with Crippen LogP contribution in [0, 0.1) is 6.20 Å². The van der Waals surface area contributed by atoms with Gasteiger partial charge < -0.3 is 14.0 Å². The van der Waals surface area contributed by atoms with Gasteiger partial charge in [-0.25, -0.2) is 0 Å². The van der Waals surface area contributed by atoms with Crippen LogP contribution >= 0.6 is 9.69 Å². The van der Waals surface area contributed by atoms with E-state index in [0.717, 1.165) is 40.6 Å². The number of nitrogens with zero attached hydrogens (tertiary/aromatic N) is 1. The van der Waals surface area contributed by atoms with Crippen LogP contribution in [0.15, 0.2) is 24.3 Å². The van der Waals surface area contributed by atoms with E-state index in [-0.39, 0.29) is 0 Å². The summed E-state index contributed by atoms with van der Waals surface area (Å²) in [5.41, 5.74) is 1.13. The van der Waals surface area contributed by atoms with Crippen molar-refractivity contribution in [3.8, 4) is 5.75 Å². The molecule has 0 amide bonds. The molecule has 112 valence electrons. The predicted molar refractivity (Wildman–Crippen MR) is 87.3 cm³/mol. The Hall–Kier alpha value is -0.350. The van der Waals surface area contributed by atoms with Crippen LogP contribution in [-0.4, -0.2) is 26.4 Å². The van der Waals surface area contributed by atoms with Crippen LogP contribution in [-0.2, 0) is 28.8 Å². The fourth-order valence-electron chi connectivity index (χ4n) is 1.88. The monoisotopic (exact) mass is 375 g/mol. The van der Waals surface area contributed by atoms with Crippen molar-refractivity contribution in [2.75, 3.05) is 13.7 Å². The molecule has 0 atom stereocenters. The van der Waals surface area contributed by atoms with Crippen molar-refractivity contribution >= 4 is 28.7 Å². The summed E-state index contributed by atoms with van der Waals surface area (Å²) >= 11 is 0.847. The SMILES string of the molecule is COc1ccc2c(c[c-]n2COCC[Si](C)(C)C)c1.[Cl][Zn+]. The van der Waals surface area contributed by atoms with Gasteiger partial charge in [0.15, 0.2) is 0 Å². The molecule has 0 aliphatic heterocycles. The topological polar surface area (TPSA) is 23.4 Å². The number of rotatable bonds is 6. The molecule has 2 rings (SSSR count). The van der Waals surface area contributed by atoms with Crippen LogP contribution in [0.3, 0.4) is 0 Å². The van der Waals surface area contributed by atoms with Gasteiger partial charge in [-0.1, -0.05) is 25.7 Å². The Morgan fingerprint density at radius 3 is 2.62 bits per heavy atom. The fourth-order valence-corrected chi connectivity index (χ4v) is 2.64. The van der Waals surface area contributed by atoms with Crippen molar-refractivity contribution in [1.29, 1.82) is 0 Å². The summed E-state index contributed by atoms with van der Waals surface area (Å²) in [4.78, 5) is 0. The molecule has 0 fully saturated rings. The molecule has 0 radical (unpaired) electrons. The van der Waals surface area contributed by atoms with Gasteiger partial charge in [0.1, 0.15) is 12.5 Å². The van der Waals surface area contributed by atoms with Crippen LogP contribution in [0.4, 0.5) is 0 Å². The second-order valence-corrected chi connectivity index (χ2v) is 11.6. The number of aromatic nitrogens is 1. The summed E-state index contributed by atoms with van der Waals surface area (Å²) in [6.45, 7) is 8.49. The maximum absolute atomic E-state index is 5.75.